The summed E-state index contributed by atoms with van der Waals surface area (Å²) in [7, 11) is 0. The summed E-state index contributed by atoms with van der Waals surface area (Å²) < 4.78 is 5.22. The summed E-state index contributed by atoms with van der Waals surface area (Å²) in [6.45, 7) is 9.65. The summed E-state index contributed by atoms with van der Waals surface area (Å²) in [5.74, 6) is 0.484. The molecule has 1 atom stereocenters. The number of amides is 2. The van der Waals surface area contributed by atoms with Crippen LogP contribution < -0.4 is 0 Å². The van der Waals surface area contributed by atoms with Crippen LogP contribution in [0.2, 0.25) is 5.02 Å². The van der Waals surface area contributed by atoms with Crippen molar-refractivity contribution in [2.45, 2.75) is 32.1 Å². The minimum absolute atomic E-state index is 0.0586. The third kappa shape index (κ3) is 5.06. The minimum atomic E-state index is -0.340. The quantitative estimate of drug-likeness (QED) is 0.441. The Bertz CT molecular complexity index is 1080. The van der Waals surface area contributed by atoms with Gasteiger partial charge in [-0.2, -0.15) is 0 Å². The van der Waals surface area contributed by atoms with Gasteiger partial charge >= 0.3 is 6.09 Å². The Balaban J connectivity index is 1.46. The second kappa shape index (κ2) is 10.4. The predicted molar refractivity (Wildman–Crippen MR) is 131 cm³/mol. The van der Waals surface area contributed by atoms with Gasteiger partial charge in [0.1, 0.15) is 0 Å². The van der Waals surface area contributed by atoms with Crippen molar-refractivity contribution >= 4 is 34.5 Å². The molecule has 1 unspecified atom stereocenters. The van der Waals surface area contributed by atoms with Crippen LogP contribution in [-0.2, 0) is 17.6 Å². The number of carbonyl (C=O) groups excluding carboxylic acids is 2. The van der Waals surface area contributed by atoms with E-state index in [0.717, 1.165) is 52.9 Å². The number of hydrogen-bond acceptors (Lipinski definition) is 4. The largest absolute Gasteiger partial charge is 0.449 e. The molecule has 174 valence electrons. The van der Waals surface area contributed by atoms with Crippen molar-refractivity contribution in [2.75, 3.05) is 32.8 Å². The molecular weight excluding hydrogens is 438 g/mol. The maximum absolute atomic E-state index is 13.2. The van der Waals surface area contributed by atoms with Crippen molar-refractivity contribution in [1.29, 1.82) is 0 Å². The molecule has 0 bridgehead atoms. The van der Waals surface area contributed by atoms with E-state index in [2.05, 4.69) is 13.2 Å². The Kier molecular flexibility index (Phi) is 7.33. The fourth-order valence-electron chi connectivity index (χ4n) is 4.62. The highest BCUT2D eigenvalue weighted by Gasteiger charge is 2.27. The molecule has 7 heteroatoms. The van der Waals surface area contributed by atoms with E-state index in [4.69, 9.17) is 21.3 Å². The Labute approximate surface area is 199 Å². The zero-order chi connectivity index (χ0) is 23.4. The predicted octanol–water partition coefficient (Wildman–Crippen LogP) is 5.04. The number of rotatable bonds is 6. The van der Waals surface area contributed by atoms with Crippen molar-refractivity contribution in [3.8, 4) is 0 Å². The molecule has 2 heterocycles. The fourth-order valence-corrected chi connectivity index (χ4v) is 4.99. The number of hydrogen-bond donors (Lipinski definition) is 0. The van der Waals surface area contributed by atoms with Gasteiger partial charge in [0, 0.05) is 42.8 Å². The van der Waals surface area contributed by atoms with E-state index < -0.39 is 0 Å². The molecule has 1 aliphatic carbocycles. The first-order valence-corrected chi connectivity index (χ1v) is 11.9. The number of benzene rings is 1. The molecule has 0 radical (unpaired) electrons. The fraction of sp³-hybridized carbons (Fsp3) is 0.423. The van der Waals surface area contributed by atoms with Crippen LogP contribution in [0.25, 0.3) is 10.9 Å². The number of nitrogens with zero attached hydrogens (tertiary/aromatic N) is 3. The van der Waals surface area contributed by atoms with Gasteiger partial charge in [0.2, 0.25) is 0 Å². The highest BCUT2D eigenvalue weighted by atomic mass is 35.5. The molecule has 6 nitrogen and oxygen atoms in total. The molecule has 4 rings (SSSR count). The Morgan fingerprint density at radius 1 is 1.15 bits per heavy atom. The number of ether oxygens (including phenoxy) is 1. The molecule has 2 aromatic rings. The van der Waals surface area contributed by atoms with Gasteiger partial charge in [0.05, 0.1) is 17.1 Å². The molecule has 1 fully saturated rings. The van der Waals surface area contributed by atoms with Gasteiger partial charge in [-0.1, -0.05) is 29.8 Å². The highest BCUT2D eigenvalue weighted by Crippen LogP contribution is 2.36. The van der Waals surface area contributed by atoms with Crippen LogP contribution in [0.3, 0.4) is 0 Å². The van der Waals surface area contributed by atoms with E-state index in [1.165, 1.54) is 0 Å². The average molecular weight is 468 g/mol. The molecule has 1 aromatic heterocycles. The van der Waals surface area contributed by atoms with Gasteiger partial charge in [-0.05, 0) is 55.7 Å². The molecular formula is C26H30ClN3O3. The summed E-state index contributed by atoms with van der Waals surface area (Å²) in [5, 5.41) is 1.65. The topological polar surface area (TPSA) is 62.7 Å². The Morgan fingerprint density at radius 2 is 1.91 bits per heavy atom. The summed E-state index contributed by atoms with van der Waals surface area (Å²) in [5.41, 5.74) is 3.53. The normalized spacial score (nSPS) is 18.0. The lowest BCUT2D eigenvalue weighted by molar-refractivity contribution is 0.0564. The maximum atomic E-state index is 13.2. The standard InChI is InChI=1S/C26H30ClN3O3/c1-3-5-15-33-26(32)30-13-11-29(12-14-30)25(31)19-8-10-21-23(17-19)28-22-16-18(6-4-2)7-9-20(22)24(21)27/h3-4,8,10,17-18H,1-2,5-7,9,11-16H2. The summed E-state index contributed by atoms with van der Waals surface area (Å²) >= 11 is 6.75. The third-order valence-electron chi connectivity index (χ3n) is 6.51. The van der Waals surface area contributed by atoms with Gasteiger partial charge in [0.15, 0.2) is 0 Å². The number of halogens is 1. The summed E-state index contributed by atoms with van der Waals surface area (Å²) in [4.78, 5) is 33.6. The van der Waals surface area contributed by atoms with Gasteiger partial charge in [-0.25, -0.2) is 4.79 Å². The Hall–Kier alpha value is -2.86. The zero-order valence-electron chi connectivity index (χ0n) is 18.9. The van der Waals surface area contributed by atoms with Gasteiger partial charge in [0.25, 0.3) is 5.91 Å². The second-order valence-electron chi connectivity index (χ2n) is 8.69. The van der Waals surface area contributed by atoms with Crippen LogP contribution in [0.1, 0.15) is 40.9 Å². The average Bonchev–Trinajstić information content (AvgIpc) is 2.83. The van der Waals surface area contributed by atoms with E-state index in [-0.39, 0.29) is 12.0 Å². The zero-order valence-corrected chi connectivity index (χ0v) is 19.6. The lowest BCUT2D eigenvalue weighted by Crippen LogP contribution is -2.50. The minimum Gasteiger partial charge on any atom is -0.449 e. The van der Waals surface area contributed by atoms with Crippen LogP contribution in [0.15, 0.2) is 43.5 Å². The molecule has 1 saturated heterocycles. The molecule has 2 amide bonds. The first-order valence-electron chi connectivity index (χ1n) is 11.6. The second-order valence-corrected chi connectivity index (χ2v) is 9.07. The number of pyridine rings is 1. The first-order chi connectivity index (χ1) is 16.0. The number of piperazine rings is 1. The lowest BCUT2D eigenvalue weighted by atomic mass is 9.84. The van der Waals surface area contributed by atoms with Crippen molar-refractivity contribution in [3.05, 3.63) is 65.4 Å². The molecule has 1 aliphatic heterocycles. The SMILES string of the molecule is C=CCCOC(=O)N1CCN(C(=O)c2ccc3c(Cl)c4c(nc3c2)CC(CC=C)CC4)CC1. The molecule has 2 aliphatic rings. The van der Waals surface area contributed by atoms with Gasteiger partial charge in [-0.3, -0.25) is 9.78 Å². The van der Waals surface area contributed by atoms with Crippen LogP contribution in [0.5, 0.6) is 0 Å². The van der Waals surface area contributed by atoms with Crippen molar-refractivity contribution < 1.29 is 14.3 Å². The van der Waals surface area contributed by atoms with Crippen LogP contribution in [0, 0.1) is 5.92 Å². The van der Waals surface area contributed by atoms with Crippen molar-refractivity contribution in [1.82, 2.24) is 14.8 Å². The van der Waals surface area contributed by atoms with Crippen molar-refractivity contribution in [3.63, 3.8) is 0 Å². The smallest absolute Gasteiger partial charge is 0.409 e. The molecule has 33 heavy (non-hydrogen) atoms. The lowest BCUT2D eigenvalue weighted by Gasteiger charge is -2.34. The summed E-state index contributed by atoms with van der Waals surface area (Å²) in [6.07, 6.45) is 7.85. The van der Waals surface area contributed by atoms with Crippen LogP contribution >= 0.6 is 11.6 Å². The molecule has 0 N–H and O–H groups in total. The Morgan fingerprint density at radius 3 is 2.64 bits per heavy atom. The van der Waals surface area contributed by atoms with E-state index in [1.54, 1.807) is 15.9 Å². The number of aromatic nitrogens is 1. The number of allylic oxidation sites excluding steroid dienone is 1. The van der Waals surface area contributed by atoms with E-state index in [1.807, 2.05) is 24.3 Å². The summed E-state index contributed by atoms with van der Waals surface area (Å²) in [6, 6.07) is 5.57. The van der Waals surface area contributed by atoms with E-state index in [0.29, 0.717) is 50.7 Å². The maximum Gasteiger partial charge on any atom is 0.409 e. The number of carbonyl (C=O) groups is 2. The van der Waals surface area contributed by atoms with Gasteiger partial charge in [-0.15, -0.1) is 13.2 Å². The first kappa shape index (κ1) is 23.3. The monoisotopic (exact) mass is 467 g/mol. The van der Waals surface area contributed by atoms with Crippen molar-refractivity contribution in [2.24, 2.45) is 5.92 Å². The van der Waals surface area contributed by atoms with Gasteiger partial charge < -0.3 is 14.5 Å². The van der Waals surface area contributed by atoms with E-state index in [9.17, 15) is 9.59 Å². The number of fused-ring (bicyclic) bond motifs is 2. The highest BCUT2D eigenvalue weighted by molar-refractivity contribution is 6.36. The van der Waals surface area contributed by atoms with E-state index >= 15 is 0 Å². The van der Waals surface area contributed by atoms with Crippen LogP contribution in [-0.4, -0.2) is 59.6 Å². The molecule has 0 spiro atoms. The molecule has 1 aromatic carbocycles. The third-order valence-corrected chi connectivity index (χ3v) is 6.94. The van der Waals surface area contributed by atoms with Crippen LogP contribution in [0.4, 0.5) is 4.79 Å². The molecule has 0 saturated carbocycles.